The summed E-state index contributed by atoms with van der Waals surface area (Å²) in [5.74, 6) is -3.55. The Labute approximate surface area is 192 Å². The van der Waals surface area contributed by atoms with Crippen LogP contribution in [0.25, 0.3) is 10.2 Å². The molecule has 2 heterocycles. The van der Waals surface area contributed by atoms with Crippen molar-refractivity contribution in [3.63, 3.8) is 0 Å². The number of hydrogen-bond donors (Lipinski definition) is 1. The highest BCUT2D eigenvalue weighted by molar-refractivity contribution is 7.89. The van der Waals surface area contributed by atoms with Gasteiger partial charge in [0.2, 0.25) is 15.9 Å². The lowest BCUT2D eigenvalue weighted by Crippen LogP contribution is -2.41. The fourth-order valence-corrected chi connectivity index (χ4v) is 5.97. The molecule has 0 unspecified atom stereocenters. The van der Waals surface area contributed by atoms with Crippen LogP contribution in [-0.4, -0.2) is 49.8 Å². The van der Waals surface area contributed by atoms with Crippen LogP contribution in [0.1, 0.15) is 23.2 Å². The van der Waals surface area contributed by atoms with Crippen LogP contribution in [0, 0.1) is 17.6 Å². The molecule has 4 rings (SSSR count). The maximum absolute atomic E-state index is 13.5. The van der Waals surface area contributed by atoms with E-state index in [9.17, 15) is 26.8 Å². The number of nitrogens with zero attached hydrogens (tertiary/aromatic N) is 2. The van der Waals surface area contributed by atoms with Crippen LogP contribution < -0.4 is 5.32 Å². The smallest absolute Gasteiger partial charge is 0.337 e. The number of ether oxygens (including phenoxy) is 1. The number of halogens is 2. The first kappa shape index (κ1) is 23.2. The number of anilines is 1. The Morgan fingerprint density at radius 2 is 1.85 bits per heavy atom. The lowest BCUT2D eigenvalue weighted by molar-refractivity contribution is -0.120. The summed E-state index contributed by atoms with van der Waals surface area (Å²) in [5, 5.41) is 3.13. The van der Waals surface area contributed by atoms with Gasteiger partial charge < -0.3 is 10.1 Å². The van der Waals surface area contributed by atoms with Crippen molar-refractivity contribution in [2.24, 2.45) is 5.92 Å². The zero-order valence-electron chi connectivity index (χ0n) is 17.4. The minimum atomic E-state index is -3.99. The second-order valence-electron chi connectivity index (χ2n) is 7.44. The third kappa shape index (κ3) is 4.72. The van der Waals surface area contributed by atoms with Crippen LogP contribution in [0.5, 0.6) is 0 Å². The molecule has 0 radical (unpaired) electrons. The number of thiazole rings is 1. The fraction of sp³-hybridized carbons (Fsp3) is 0.286. The molecule has 174 valence electrons. The van der Waals surface area contributed by atoms with E-state index in [4.69, 9.17) is 4.74 Å². The number of esters is 1. The van der Waals surface area contributed by atoms with Crippen LogP contribution in [0.2, 0.25) is 0 Å². The second-order valence-corrected chi connectivity index (χ2v) is 10.4. The number of sulfonamides is 1. The predicted octanol–water partition coefficient (Wildman–Crippen LogP) is 3.40. The van der Waals surface area contributed by atoms with Gasteiger partial charge in [0.15, 0.2) is 16.8 Å². The number of carbonyl (C=O) groups is 2. The molecule has 0 saturated carbocycles. The number of methoxy groups -OCH3 is 1. The van der Waals surface area contributed by atoms with E-state index in [0.29, 0.717) is 27.0 Å². The summed E-state index contributed by atoms with van der Waals surface area (Å²) < 4.78 is 58.6. The molecule has 1 N–H and O–H groups in total. The largest absolute Gasteiger partial charge is 0.465 e. The van der Waals surface area contributed by atoms with E-state index in [1.807, 2.05) is 0 Å². The van der Waals surface area contributed by atoms with Gasteiger partial charge in [-0.3, -0.25) is 4.79 Å². The number of hydrogen-bond acceptors (Lipinski definition) is 7. The molecule has 1 aliphatic rings. The molecule has 1 amide bonds. The Kier molecular flexibility index (Phi) is 6.41. The summed E-state index contributed by atoms with van der Waals surface area (Å²) in [5.41, 5.74) is 0.997. The Morgan fingerprint density at radius 3 is 2.52 bits per heavy atom. The first-order valence-corrected chi connectivity index (χ1v) is 12.2. The number of carbonyl (C=O) groups excluding carboxylic acids is 2. The van der Waals surface area contributed by atoms with Gasteiger partial charge in [0.05, 0.1) is 27.8 Å². The molecule has 1 saturated heterocycles. The normalized spacial score (nSPS) is 15.5. The number of aromatic nitrogens is 1. The molecule has 33 heavy (non-hydrogen) atoms. The maximum atomic E-state index is 13.5. The molecule has 0 aliphatic carbocycles. The Hall–Kier alpha value is -2.96. The summed E-state index contributed by atoms with van der Waals surface area (Å²) in [4.78, 5) is 28.4. The lowest BCUT2D eigenvalue weighted by Gasteiger charge is -2.30. The monoisotopic (exact) mass is 495 g/mol. The Balaban J connectivity index is 1.40. The molecule has 1 fully saturated rings. The van der Waals surface area contributed by atoms with Crippen molar-refractivity contribution in [2.75, 3.05) is 25.5 Å². The van der Waals surface area contributed by atoms with E-state index in [0.717, 1.165) is 16.4 Å². The lowest BCUT2D eigenvalue weighted by atomic mass is 9.97. The van der Waals surface area contributed by atoms with Gasteiger partial charge in [-0.2, -0.15) is 4.31 Å². The summed E-state index contributed by atoms with van der Waals surface area (Å²) in [6.45, 7) is 0.142. The highest BCUT2D eigenvalue weighted by atomic mass is 32.2. The molecule has 1 aliphatic heterocycles. The van der Waals surface area contributed by atoms with E-state index >= 15 is 0 Å². The molecule has 2 aromatic carbocycles. The van der Waals surface area contributed by atoms with Crippen molar-refractivity contribution in [3.8, 4) is 0 Å². The van der Waals surface area contributed by atoms with Gasteiger partial charge in [-0.25, -0.2) is 27.0 Å². The second kappa shape index (κ2) is 9.12. The van der Waals surface area contributed by atoms with Gasteiger partial charge in [-0.1, -0.05) is 11.3 Å². The summed E-state index contributed by atoms with van der Waals surface area (Å²) >= 11 is 1.21. The zero-order valence-corrected chi connectivity index (χ0v) is 19.0. The number of piperidine rings is 1. The molecular weight excluding hydrogens is 476 g/mol. The van der Waals surface area contributed by atoms with E-state index in [-0.39, 0.29) is 36.7 Å². The summed E-state index contributed by atoms with van der Waals surface area (Å²) in [6.07, 6.45) is 0.540. The predicted molar refractivity (Wildman–Crippen MR) is 117 cm³/mol. The molecule has 1 aromatic heterocycles. The first-order valence-electron chi connectivity index (χ1n) is 9.94. The van der Waals surface area contributed by atoms with Gasteiger partial charge >= 0.3 is 5.97 Å². The Morgan fingerprint density at radius 1 is 1.12 bits per heavy atom. The number of fused-ring (bicyclic) bond motifs is 1. The van der Waals surface area contributed by atoms with E-state index < -0.39 is 33.5 Å². The number of nitrogens with one attached hydrogen (secondary N) is 1. The Bertz CT molecular complexity index is 1330. The summed E-state index contributed by atoms with van der Waals surface area (Å²) in [7, 11) is -2.70. The van der Waals surface area contributed by atoms with Crippen LogP contribution in [0.3, 0.4) is 0 Å². The molecule has 3 aromatic rings. The highest BCUT2D eigenvalue weighted by Crippen LogP contribution is 2.29. The van der Waals surface area contributed by atoms with Crippen molar-refractivity contribution < 1.29 is 31.5 Å². The molecule has 12 heteroatoms. The van der Waals surface area contributed by atoms with Crippen LogP contribution in [0.15, 0.2) is 41.3 Å². The number of amides is 1. The van der Waals surface area contributed by atoms with Crippen molar-refractivity contribution in [1.29, 1.82) is 0 Å². The molecule has 0 spiro atoms. The maximum Gasteiger partial charge on any atom is 0.337 e. The third-order valence-corrected chi connectivity index (χ3v) is 8.22. The van der Waals surface area contributed by atoms with E-state index in [2.05, 4.69) is 10.3 Å². The van der Waals surface area contributed by atoms with Gasteiger partial charge in [0.25, 0.3) is 0 Å². The quantitative estimate of drug-likeness (QED) is 0.544. The van der Waals surface area contributed by atoms with E-state index in [1.165, 1.54) is 18.4 Å². The minimum absolute atomic E-state index is 0.0712. The number of benzene rings is 2. The summed E-state index contributed by atoms with van der Waals surface area (Å²) in [6, 6.07) is 7.33. The molecule has 0 atom stereocenters. The van der Waals surface area contributed by atoms with Gasteiger partial charge in [0.1, 0.15) is 0 Å². The van der Waals surface area contributed by atoms with Crippen molar-refractivity contribution >= 4 is 48.6 Å². The van der Waals surface area contributed by atoms with Crippen LogP contribution in [-0.2, 0) is 19.6 Å². The topological polar surface area (TPSA) is 106 Å². The van der Waals surface area contributed by atoms with Gasteiger partial charge in [0, 0.05) is 19.0 Å². The van der Waals surface area contributed by atoms with Crippen molar-refractivity contribution in [3.05, 3.63) is 53.6 Å². The average molecular weight is 496 g/mol. The van der Waals surface area contributed by atoms with Crippen molar-refractivity contribution in [1.82, 2.24) is 9.29 Å². The standard InChI is InChI=1S/C21H19F2N3O5S2/c1-31-20(28)13-2-5-17-18(10-13)32-21(24-17)25-19(27)12-6-8-26(9-7-12)33(29,30)14-3-4-15(22)16(23)11-14/h2-5,10-12H,6-9H2,1H3,(H,24,25,27). The van der Waals surface area contributed by atoms with Gasteiger partial charge in [-0.05, 0) is 49.2 Å². The zero-order chi connectivity index (χ0) is 23.8. The van der Waals surface area contributed by atoms with Crippen LogP contribution >= 0.6 is 11.3 Å². The third-order valence-electron chi connectivity index (χ3n) is 5.39. The first-order chi connectivity index (χ1) is 15.7. The van der Waals surface area contributed by atoms with Gasteiger partial charge in [-0.15, -0.1) is 0 Å². The highest BCUT2D eigenvalue weighted by Gasteiger charge is 2.32. The van der Waals surface area contributed by atoms with Crippen LogP contribution in [0.4, 0.5) is 13.9 Å². The molecular formula is C21H19F2N3O5S2. The average Bonchev–Trinajstić information content (AvgIpc) is 3.21. The fourth-order valence-electron chi connectivity index (χ4n) is 3.58. The molecule has 0 bridgehead atoms. The van der Waals surface area contributed by atoms with Crippen molar-refractivity contribution in [2.45, 2.75) is 17.7 Å². The minimum Gasteiger partial charge on any atom is -0.465 e. The number of rotatable bonds is 5. The molecule has 8 nitrogen and oxygen atoms in total. The van der Waals surface area contributed by atoms with E-state index in [1.54, 1.807) is 18.2 Å². The SMILES string of the molecule is COC(=O)c1ccc2nc(NC(=O)C3CCN(S(=O)(=O)c4ccc(F)c(F)c4)CC3)sc2c1.